The molecule has 0 saturated carbocycles. The van der Waals surface area contributed by atoms with Crippen LogP contribution in [0.15, 0.2) is 0 Å². The van der Waals surface area contributed by atoms with Gasteiger partial charge in [-0.25, -0.2) is 0 Å². The first-order valence-electron chi connectivity index (χ1n) is 20.1. The molecule has 6 amide bonds. The molecule has 3 saturated heterocycles. The first-order chi connectivity index (χ1) is 24.6. The van der Waals surface area contributed by atoms with Crippen molar-refractivity contribution in [3.8, 4) is 0 Å². The molecule has 0 aliphatic carbocycles. The van der Waals surface area contributed by atoms with Crippen molar-refractivity contribution in [1.82, 2.24) is 14.7 Å². The van der Waals surface area contributed by atoms with Gasteiger partial charge in [-0.05, 0) is 60.8 Å². The molecule has 3 aliphatic heterocycles. The fraction of sp³-hybridized carbons (Fsp3) is 0.842. The molecular formula is C38H67B4N3O9. The predicted octanol–water partition coefficient (Wildman–Crippen LogP) is 4.28. The lowest BCUT2D eigenvalue weighted by Crippen LogP contribution is -2.51. The zero-order valence-electron chi connectivity index (χ0n) is 35.8. The molecule has 54 heavy (non-hydrogen) atoms. The van der Waals surface area contributed by atoms with Crippen LogP contribution in [-0.4, -0.2) is 116 Å². The van der Waals surface area contributed by atoms with Gasteiger partial charge < -0.3 is 14.2 Å². The van der Waals surface area contributed by atoms with Crippen molar-refractivity contribution < 1.29 is 43.0 Å². The van der Waals surface area contributed by atoms with Gasteiger partial charge in [0.25, 0.3) is 0 Å². The van der Waals surface area contributed by atoms with Crippen molar-refractivity contribution in [2.45, 2.75) is 186 Å². The maximum absolute atomic E-state index is 12.5. The predicted molar refractivity (Wildman–Crippen MR) is 216 cm³/mol. The summed E-state index contributed by atoms with van der Waals surface area (Å²) < 4.78 is 18.8. The summed E-state index contributed by atoms with van der Waals surface area (Å²) in [6.07, 6.45) is 3.47. The summed E-state index contributed by atoms with van der Waals surface area (Å²) in [5.74, 6) is -1.19. The molecule has 0 radical (unpaired) electrons. The first kappa shape index (κ1) is 45.9. The topological polar surface area (TPSA) is 140 Å². The van der Waals surface area contributed by atoms with E-state index in [0.717, 1.165) is 48.4 Å². The Bertz CT molecular complexity index is 1230. The van der Waals surface area contributed by atoms with Gasteiger partial charge in [0.1, 0.15) is 46.3 Å². The third-order valence-corrected chi connectivity index (χ3v) is 11.8. The zero-order valence-corrected chi connectivity index (χ0v) is 35.8. The summed E-state index contributed by atoms with van der Waals surface area (Å²) in [6.45, 7) is 27.6. The van der Waals surface area contributed by atoms with Gasteiger partial charge >= 0.3 is 0 Å². The number of likely N-dealkylation sites (tertiary alicyclic amines) is 3. The number of rotatable bonds is 22. The van der Waals surface area contributed by atoms with Gasteiger partial charge in [0.2, 0.25) is 35.4 Å². The number of amides is 6. The Morgan fingerprint density at radius 3 is 0.815 bits per heavy atom. The molecule has 12 nitrogen and oxygen atoms in total. The van der Waals surface area contributed by atoms with E-state index in [4.69, 9.17) is 14.2 Å². The van der Waals surface area contributed by atoms with Crippen LogP contribution in [0.2, 0.25) is 27.8 Å². The van der Waals surface area contributed by atoms with E-state index < -0.39 is 17.2 Å². The molecule has 3 heterocycles. The highest BCUT2D eigenvalue weighted by molar-refractivity contribution is 6.97. The molecule has 0 bridgehead atoms. The summed E-state index contributed by atoms with van der Waals surface area (Å²) in [5.41, 5.74) is -3.08. The van der Waals surface area contributed by atoms with Crippen molar-refractivity contribution >= 4 is 64.6 Å². The van der Waals surface area contributed by atoms with Crippen LogP contribution >= 0.6 is 0 Å². The second kappa shape index (κ2) is 17.0. The minimum Gasteiger partial charge on any atom is -0.356 e. The number of imide groups is 3. The molecule has 300 valence electrons. The third-order valence-electron chi connectivity index (χ3n) is 11.8. The van der Waals surface area contributed by atoms with Crippen LogP contribution in [0.3, 0.4) is 0 Å². The minimum absolute atomic E-state index is 0.125. The van der Waals surface area contributed by atoms with Gasteiger partial charge in [-0.15, -0.1) is 5.01 Å². The smallest absolute Gasteiger partial charge is 0.232 e. The van der Waals surface area contributed by atoms with Crippen molar-refractivity contribution in [3.05, 3.63) is 0 Å². The lowest BCUT2D eigenvalue weighted by molar-refractivity contribution is -0.173. The molecule has 0 aromatic carbocycles. The van der Waals surface area contributed by atoms with Crippen LogP contribution in [0.25, 0.3) is 0 Å². The second-order valence-electron chi connectivity index (χ2n) is 19.9. The van der Waals surface area contributed by atoms with Crippen LogP contribution in [0, 0.1) is 0 Å². The number of hydrogen-bond donors (Lipinski definition) is 0. The molecule has 0 unspecified atom stereocenters. The normalized spacial score (nSPS) is 18.4. The maximum atomic E-state index is 12.5. The van der Waals surface area contributed by atoms with Crippen LogP contribution in [0.4, 0.5) is 0 Å². The number of carbonyl (C=O) groups excluding carboxylic acids is 6. The van der Waals surface area contributed by atoms with Crippen LogP contribution in [0.1, 0.15) is 141 Å². The molecule has 3 fully saturated rings. The molecule has 0 aromatic rings. The highest BCUT2D eigenvalue weighted by Gasteiger charge is 2.47. The zero-order chi connectivity index (χ0) is 41.1. The van der Waals surface area contributed by atoms with E-state index in [-0.39, 0.29) is 94.9 Å². The summed E-state index contributed by atoms with van der Waals surface area (Å²) in [4.78, 5) is 78.7. The number of carbonyl (C=O) groups is 6. The van der Waals surface area contributed by atoms with Crippen molar-refractivity contribution in [2.75, 3.05) is 19.8 Å². The summed E-state index contributed by atoms with van der Waals surface area (Å²) >= 11 is 0. The monoisotopic (exact) mass is 754 g/mol. The Hall–Kier alpha value is -2.44. The standard InChI is InChI=1S/C38H67B4N3O9/c1-32(2,20-23-52-35(7,8)43-26(46)14-15-27(43)47)40-38(39-13,41-33(3,4)21-24-53-36(9,10)44-28(48)16-17-29(44)49)42-34(5,6)22-25-54-37(11,12)45-30(50)18-19-31(45)51/h39-42H,14-25H2,1-13H3. The lowest BCUT2D eigenvalue weighted by Gasteiger charge is -2.46. The van der Waals surface area contributed by atoms with E-state index in [1.807, 2.05) is 0 Å². The van der Waals surface area contributed by atoms with Gasteiger partial charge in [-0.2, -0.15) is 0 Å². The Morgan fingerprint density at radius 1 is 0.426 bits per heavy atom. The van der Waals surface area contributed by atoms with Crippen molar-refractivity contribution in [2.24, 2.45) is 0 Å². The average molecular weight is 753 g/mol. The summed E-state index contributed by atoms with van der Waals surface area (Å²) in [7, 11) is 3.58. The van der Waals surface area contributed by atoms with E-state index in [1.54, 1.807) is 41.5 Å². The third kappa shape index (κ3) is 11.8. The molecular weight excluding hydrogens is 686 g/mol. The second-order valence-corrected chi connectivity index (χ2v) is 19.9. The fourth-order valence-corrected chi connectivity index (χ4v) is 9.33. The number of nitrogens with zero attached hydrogens (tertiary/aromatic N) is 3. The molecule has 16 heteroatoms. The Balaban J connectivity index is 1.77. The molecule has 3 rings (SSSR count). The summed E-state index contributed by atoms with van der Waals surface area (Å²) in [6, 6.07) is 0. The van der Waals surface area contributed by atoms with Crippen LogP contribution < -0.4 is 0 Å². The average Bonchev–Trinajstić information content (AvgIpc) is 3.65. The Labute approximate surface area is 327 Å². The molecule has 0 aromatic heterocycles. The molecule has 0 N–H and O–H groups in total. The van der Waals surface area contributed by atoms with E-state index in [0.29, 0.717) is 19.8 Å². The Morgan fingerprint density at radius 2 is 0.630 bits per heavy atom. The van der Waals surface area contributed by atoms with Gasteiger partial charge in [0.15, 0.2) is 0 Å². The molecule has 3 aliphatic rings. The highest BCUT2D eigenvalue weighted by Crippen LogP contribution is 2.48. The largest absolute Gasteiger partial charge is 0.356 e. The quantitative estimate of drug-likeness (QED) is 0.117. The van der Waals surface area contributed by atoms with Gasteiger partial charge in [0, 0.05) is 58.3 Å². The maximum Gasteiger partial charge on any atom is 0.232 e. The lowest BCUT2D eigenvalue weighted by atomic mass is 9.01. The SMILES string of the molecule is CBC(BC(C)(C)CCOC(C)(C)N1C(=O)CCC1=O)(BC(C)(C)CCOC(C)(C)N1C(=O)CCC1=O)BC(C)(C)CCOC(C)(C)N1C(=O)CCC1=O. The van der Waals surface area contributed by atoms with Gasteiger partial charge in [0.05, 0.1) is 0 Å². The minimum atomic E-state index is -1.03. The number of ether oxygens (including phenoxy) is 3. The van der Waals surface area contributed by atoms with Gasteiger partial charge in [-0.1, -0.05) is 64.3 Å². The van der Waals surface area contributed by atoms with E-state index in [9.17, 15) is 28.8 Å². The fourth-order valence-electron chi connectivity index (χ4n) is 9.33. The van der Waals surface area contributed by atoms with Crippen LogP contribution in [-0.2, 0) is 43.0 Å². The van der Waals surface area contributed by atoms with Gasteiger partial charge in [-0.3, -0.25) is 43.5 Å². The van der Waals surface area contributed by atoms with E-state index in [1.165, 1.54) is 14.7 Å². The molecule has 0 spiro atoms. The van der Waals surface area contributed by atoms with E-state index in [2.05, 4.69) is 48.4 Å². The molecule has 0 atom stereocenters. The van der Waals surface area contributed by atoms with Crippen molar-refractivity contribution in [3.63, 3.8) is 0 Å². The highest BCUT2D eigenvalue weighted by atomic mass is 16.5. The Kier molecular flexibility index (Phi) is 14.4. The summed E-state index contributed by atoms with van der Waals surface area (Å²) in [5, 5.41) is -0.622. The van der Waals surface area contributed by atoms with Crippen molar-refractivity contribution in [1.29, 1.82) is 0 Å². The first-order valence-corrected chi connectivity index (χ1v) is 20.1. The number of hydrogen-bond acceptors (Lipinski definition) is 9. The van der Waals surface area contributed by atoms with Crippen LogP contribution in [0.5, 0.6) is 0 Å². The van der Waals surface area contributed by atoms with E-state index >= 15 is 0 Å².